The maximum absolute atomic E-state index is 13.1. The van der Waals surface area contributed by atoms with E-state index in [4.69, 9.17) is 23.2 Å². The first-order chi connectivity index (χ1) is 13.3. The number of nitrogens with zero attached hydrogens (tertiary/aromatic N) is 1. The van der Waals surface area contributed by atoms with Gasteiger partial charge in [-0.25, -0.2) is 0 Å². The van der Waals surface area contributed by atoms with Crippen molar-refractivity contribution in [3.8, 4) is 0 Å². The van der Waals surface area contributed by atoms with Crippen molar-refractivity contribution >= 4 is 35.0 Å². The molecule has 0 bridgehead atoms. The molecule has 2 rings (SSSR count). The summed E-state index contributed by atoms with van der Waals surface area (Å²) in [6, 6.07) is 12.5. The van der Waals surface area contributed by atoms with Crippen molar-refractivity contribution in [3.05, 3.63) is 69.2 Å². The summed E-state index contributed by atoms with van der Waals surface area (Å²) in [7, 11) is 0. The predicted molar refractivity (Wildman–Crippen MR) is 115 cm³/mol. The van der Waals surface area contributed by atoms with Gasteiger partial charge in [-0.15, -0.1) is 0 Å². The summed E-state index contributed by atoms with van der Waals surface area (Å²) in [6.07, 6.45) is 0.988. The van der Waals surface area contributed by atoms with Crippen LogP contribution in [0.25, 0.3) is 0 Å². The normalized spacial score (nSPS) is 11.8. The molecule has 0 heterocycles. The Balaban J connectivity index is 2.23. The Hall–Kier alpha value is -2.04. The van der Waals surface area contributed by atoms with Crippen LogP contribution in [0.3, 0.4) is 0 Å². The van der Waals surface area contributed by atoms with Crippen molar-refractivity contribution in [2.75, 3.05) is 6.54 Å². The van der Waals surface area contributed by atoms with Gasteiger partial charge in [-0.05, 0) is 43.5 Å². The maximum atomic E-state index is 13.1. The second-order valence-corrected chi connectivity index (χ2v) is 7.72. The summed E-state index contributed by atoms with van der Waals surface area (Å²) in [5.41, 5.74) is 2.85. The molecule has 1 atom stereocenters. The van der Waals surface area contributed by atoms with Gasteiger partial charge in [0.05, 0.1) is 16.5 Å². The molecule has 2 amide bonds. The average Bonchev–Trinajstić information content (AvgIpc) is 2.66. The molecule has 0 spiro atoms. The number of carbonyl (C=O) groups is 2. The zero-order valence-electron chi connectivity index (χ0n) is 16.5. The predicted octanol–water partition coefficient (Wildman–Crippen LogP) is 4.79. The molecule has 0 aliphatic carbocycles. The Kier molecular flexibility index (Phi) is 8.34. The van der Waals surface area contributed by atoms with Crippen LogP contribution in [0.4, 0.5) is 0 Å². The topological polar surface area (TPSA) is 49.4 Å². The lowest BCUT2D eigenvalue weighted by molar-refractivity contribution is -0.140. The highest BCUT2D eigenvalue weighted by atomic mass is 35.5. The van der Waals surface area contributed by atoms with E-state index >= 15 is 0 Å². The number of amides is 2. The van der Waals surface area contributed by atoms with Crippen molar-refractivity contribution in [2.24, 2.45) is 0 Å². The van der Waals surface area contributed by atoms with E-state index < -0.39 is 6.04 Å². The molecule has 0 saturated heterocycles. The van der Waals surface area contributed by atoms with Crippen LogP contribution in [0.5, 0.6) is 0 Å². The van der Waals surface area contributed by atoms with Crippen molar-refractivity contribution in [1.82, 2.24) is 10.2 Å². The molecule has 150 valence electrons. The van der Waals surface area contributed by atoms with Gasteiger partial charge in [-0.1, -0.05) is 66.0 Å². The first-order valence-electron chi connectivity index (χ1n) is 9.38. The van der Waals surface area contributed by atoms with Gasteiger partial charge in [-0.2, -0.15) is 0 Å². The van der Waals surface area contributed by atoms with E-state index in [0.29, 0.717) is 23.1 Å². The summed E-state index contributed by atoms with van der Waals surface area (Å²) in [6.45, 7) is 6.70. The Morgan fingerprint density at radius 3 is 2.46 bits per heavy atom. The molecule has 0 aliphatic heterocycles. The fourth-order valence-electron chi connectivity index (χ4n) is 2.91. The molecular formula is C22H26Cl2N2O2. The van der Waals surface area contributed by atoms with Crippen molar-refractivity contribution in [2.45, 2.75) is 46.2 Å². The number of halogens is 2. The fraction of sp³-hybridized carbons (Fsp3) is 0.364. The molecule has 0 radical (unpaired) electrons. The van der Waals surface area contributed by atoms with Gasteiger partial charge in [0.2, 0.25) is 11.8 Å². The van der Waals surface area contributed by atoms with Gasteiger partial charge < -0.3 is 10.2 Å². The number of rotatable bonds is 8. The second kappa shape index (κ2) is 10.5. The summed E-state index contributed by atoms with van der Waals surface area (Å²) in [4.78, 5) is 27.2. The third-order valence-electron chi connectivity index (χ3n) is 4.49. The van der Waals surface area contributed by atoms with E-state index in [2.05, 4.69) is 5.32 Å². The molecule has 28 heavy (non-hydrogen) atoms. The average molecular weight is 421 g/mol. The Bertz CT molecular complexity index is 839. The fourth-order valence-corrected chi connectivity index (χ4v) is 3.23. The molecule has 0 aromatic heterocycles. The first kappa shape index (κ1) is 22.3. The maximum Gasteiger partial charge on any atom is 0.242 e. The second-order valence-electron chi connectivity index (χ2n) is 6.90. The molecule has 6 heteroatoms. The molecule has 2 aromatic rings. The zero-order chi connectivity index (χ0) is 20.7. The van der Waals surface area contributed by atoms with Gasteiger partial charge in [0.25, 0.3) is 0 Å². The number of nitrogens with one attached hydrogen (secondary N) is 1. The lowest BCUT2D eigenvalue weighted by Gasteiger charge is -2.29. The number of carbonyl (C=O) groups excluding carboxylic acids is 2. The SMILES string of the molecule is CCCNC(=O)C(C)N(Cc1cccc(C)c1)C(=O)Cc1ccc(Cl)c(Cl)c1. The Labute approximate surface area is 176 Å². The minimum atomic E-state index is -0.581. The molecule has 1 unspecified atom stereocenters. The van der Waals surface area contributed by atoms with Gasteiger partial charge in [0.15, 0.2) is 0 Å². The molecule has 0 fully saturated rings. The van der Waals surface area contributed by atoms with E-state index in [-0.39, 0.29) is 18.2 Å². The van der Waals surface area contributed by atoms with E-state index in [1.165, 1.54) is 0 Å². The van der Waals surface area contributed by atoms with Crippen LogP contribution in [0.2, 0.25) is 10.0 Å². The van der Waals surface area contributed by atoms with Gasteiger partial charge in [0, 0.05) is 13.1 Å². The van der Waals surface area contributed by atoms with E-state index in [1.54, 1.807) is 30.0 Å². The Morgan fingerprint density at radius 2 is 1.82 bits per heavy atom. The summed E-state index contributed by atoms with van der Waals surface area (Å²) in [5.74, 6) is -0.295. The lowest BCUT2D eigenvalue weighted by Crippen LogP contribution is -2.48. The van der Waals surface area contributed by atoms with Gasteiger partial charge >= 0.3 is 0 Å². The standard InChI is InChI=1S/C22H26Cl2N2O2/c1-4-10-25-22(28)16(3)26(14-18-7-5-6-15(2)11-18)21(27)13-17-8-9-19(23)20(24)12-17/h5-9,11-12,16H,4,10,13-14H2,1-3H3,(H,25,28). The van der Waals surface area contributed by atoms with Crippen LogP contribution in [-0.2, 0) is 22.6 Å². The number of aryl methyl sites for hydroxylation is 1. The van der Waals surface area contributed by atoms with Crippen LogP contribution in [0.1, 0.15) is 37.0 Å². The number of benzene rings is 2. The molecule has 2 aromatic carbocycles. The van der Waals surface area contributed by atoms with Crippen LogP contribution in [-0.4, -0.2) is 29.3 Å². The quantitative estimate of drug-likeness (QED) is 0.667. The van der Waals surface area contributed by atoms with Crippen LogP contribution >= 0.6 is 23.2 Å². The third-order valence-corrected chi connectivity index (χ3v) is 5.23. The zero-order valence-corrected chi connectivity index (χ0v) is 18.0. The van der Waals surface area contributed by atoms with Crippen molar-refractivity contribution < 1.29 is 9.59 Å². The molecule has 0 aliphatic rings. The number of hydrogen-bond donors (Lipinski definition) is 1. The largest absolute Gasteiger partial charge is 0.354 e. The van der Waals surface area contributed by atoms with Crippen molar-refractivity contribution in [1.29, 1.82) is 0 Å². The van der Waals surface area contributed by atoms with Crippen LogP contribution < -0.4 is 5.32 Å². The molecule has 0 saturated carbocycles. The smallest absolute Gasteiger partial charge is 0.242 e. The van der Waals surface area contributed by atoms with E-state index in [1.807, 2.05) is 38.1 Å². The first-order valence-corrected chi connectivity index (χ1v) is 10.1. The highest BCUT2D eigenvalue weighted by molar-refractivity contribution is 6.42. The molecule has 4 nitrogen and oxygen atoms in total. The third kappa shape index (κ3) is 6.25. The Morgan fingerprint density at radius 1 is 1.07 bits per heavy atom. The molecule has 1 N–H and O–H groups in total. The van der Waals surface area contributed by atoms with Gasteiger partial charge in [-0.3, -0.25) is 9.59 Å². The monoisotopic (exact) mass is 420 g/mol. The van der Waals surface area contributed by atoms with Crippen LogP contribution in [0, 0.1) is 6.92 Å². The van der Waals surface area contributed by atoms with Crippen LogP contribution in [0.15, 0.2) is 42.5 Å². The highest BCUT2D eigenvalue weighted by Crippen LogP contribution is 2.23. The summed E-state index contributed by atoms with van der Waals surface area (Å²) in [5, 5.41) is 3.73. The minimum absolute atomic E-state index is 0.140. The summed E-state index contributed by atoms with van der Waals surface area (Å²) >= 11 is 12.0. The lowest BCUT2D eigenvalue weighted by atomic mass is 10.1. The summed E-state index contributed by atoms with van der Waals surface area (Å²) < 4.78 is 0. The van der Waals surface area contributed by atoms with Gasteiger partial charge in [0.1, 0.15) is 6.04 Å². The minimum Gasteiger partial charge on any atom is -0.354 e. The molecular weight excluding hydrogens is 395 g/mol. The van der Waals surface area contributed by atoms with Crippen molar-refractivity contribution in [3.63, 3.8) is 0 Å². The number of hydrogen-bond acceptors (Lipinski definition) is 2. The van der Waals surface area contributed by atoms with E-state index in [9.17, 15) is 9.59 Å². The van der Waals surface area contributed by atoms with E-state index in [0.717, 1.165) is 23.1 Å². The highest BCUT2D eigenvalue weighted by Gasteiger charge is 2.26.